The highest BCUT2D eigenvalue weighted by Gasteiger charge is 2.24. The Balaban J connectivity index is 2.66. The first-order valence-corrected chi connectivity index (χ1v) is 6.94. The Morgan fingerprint density at radius 1 is 1.29 bits per heavy atom. The van der Waals surface area contributed by atoms with E-state index in [0.717, 1.165) is 0 Å². The molecule has 0 aliphatic heterocycles. The van der Waals surface area contributed by atoms with Crippen molar-refractivity contribution in [3.63, 3.8) is 0 Å². The fraction of sp³-hybridized carbons (Fsp3) is 0.333. The standard InChI is InChI=1S/C15H17N3O2S/c1-10(2)9-17-14(20)12(8-16)15(21)18-13(19)11-6-4-3-5-7-11/h3-7,10,12H,9H2,1-2H3,(H,17,20)(H,18,19,21). The van der Waals surface area contributed by atoms with Gasteiger partial charge in [0.25, 0.3) is 5.91 Å². The van der Waals surface area contributed by atoms with E-state index in [1.165, 1.54) is 0 Å². The van der Waals surface area contributed by atoms with Crippen molar-refractivity contribution in [3.05, 3.63) is 35.9 Å². The second kappa shape index (κ2) is 8.12. The smallest absolute Gasteiger partial charge is 0.256 e. The summed E-state index contributed by atoms with van der Waals surface area (Å²) in [7, 11) is 0. The van der Waals surface area contributed by atoms with Crippen molar-refractivity contribution in [2.75, 3.05) is 6.54 Å². The van der Waals surface area contributed by atoms with Crippen LogP contribution in [0.3, 0.4) is 0 Å². The largest absolute Gasteiger partial charge is 0.354 e. The molecule has 5 nitrogen and oxygen atoms in total. The molecule has 2 amide bonds. The van der Waals surface area contributed by atoms with Crippen LogP contribution in [-0.4, -0.2) is 23.3 Å². The number of thiocarbonyl (C=S) groups is 1. The normalized spacial score (nSPS) is 11.3. The highest BCUT2D eigenvalue weighted by molar-refractivity contribution is 7.80. The van der Waals surface area contributed by atoms with Crippen molar-refractivity contribution in [2.45, 2.75) is 13.8 Å². The van der Waals surface area contributed by atoms with E-state index in [2.05, 4.69) is 10.6 Å². The molecule has 0 radical (unpaired) electrons. The zero-order chi connectivity index (χ0) is 15.8. The molecule has 6 heteroatoms. The highest BCUT2D eigenvalue weighted by Crippen LogP contribution is 2.02. The first-order valence-electron chi connectivity index (χ1n) is 6.53. The van der Waals surface area contributed by atoms with Crippen LogP contribution >= 0.6 is 12.2 Å². The van der Waals surface area contributed by atoms with Crippen molar-refractivity contribution in [3.8, 4) is 6.07 Å². The van der Waals surface area contributed by atoms with Gasteiger partial charge in [0, 0.05) is 12.1 Å². The summed E-state index contributed by atoms with van der Waals surface area (Å²) in [6.45, 7) is 4.33. The van der Waals surface area contributed by atoms with Gasteiger partial charge in [-0.2, -0.15) is 5.26 Å². The number of nitrogens with zero attached hydrogens (tertiary/aromatic N) is 1. The second-order valence-corrected chi connectivity index (χ2v) is 5.33. The fourth-order valence-corrected chi connectivity index (χ4v) is 1.74. The summed E-state index contributed by atoms with van der Waals surface area (Å²) in [6, 6.07) is 10.3. The molecule has 1 unspecified atom stereocenters. The topological polar surface area (TPSA) is 82.0 Å². The van der Waals surface area contributed by atoms with Crippen LogP contribution in [0.2, 0.25) is 0 Å². The van der Waals surface area contributed by atoms with Crippen LogP contribution in [0, 0.1) is 23.2 Å². The van der Waals surface area contributed by atoms with Crippen LogP contribution in [0.25, 0.3) is 0 Å². The van der Waals surface area contributed by atoms with Gasteiger partial charge in [0.2, 0.25) is 5.91 Å². The first kappa shape index (κ1) is 16.8. The Kier molecular flexibility index (Phi) is 6.50. The van der Waals surface area contributed by atoms with E-state index in [4.69, 9.17) is 17.5 Å². The second-order valence-electron chi connectivity index (χ2n) is 4.89. The lowest BCUT2D eigenvalue weighted by Crippen LogP contribution is -2.42. The number of carbonyl (C=O) groups excluding carboxylic acids is 2. The van der Waals surface area contributed by atoms with Gasteiger partial charge in [-0.05, 0) is 18.1 Å². The highest BCUT2D eigenvalue weighted by atomic mass is 32.1. The van der Waals surface area contributed by atoms with Gasteiger partial charge < -0.3 is 10.6 Å². The molecule has 0 saturated carbocycles. The number of carbonyl (C=O) groups is 2. The van der Waals surface area contributed by atoms with Crippen molar-refractivity contribution >= 4 is 29.0 Å². The van der Waals surface area contributed by atoms with Gasteiger partial charge in [-0.3, -0.25) is 9.59 Å². The molecule has 0 aromatic heterocycles. The number of hydrogen-bond acceptors (Lipinski definition) is 4. The average Bonchev–Trinajstić information content (AvgIpc) is 2.46. The average molecular weight is 303 g/mol. The minimum atomic E-state index is -1.17. The van der Waals surface area contributed by atoms with Gasteiger partial charge in [-0.1, -0.05) is 44.3 Å². The summed E-state index contributed by atoms with van der Waals surface area (Å²) >= 11 is 4.99. The van der Waals surface area contributed by atoms with Crippen molar-refractivity contribution in [1.82, 2.24) is 10.6 Å². The first-order chi connectivity index (χ1) is 9.95. The maximum atomic E-state index is 11.9. The molecule has 1 atom stereocenters. The zero-order valence-electron chi connectivity index (χ0n) is 11.9. The number of rotatable bonds is 5. The third kappa shape index (κ3) is 5.32. The van der Waals surface area contributed by atoms with E-state index >= 15 is 0 Å². The maximum Gasteiger partial charge on any atom is 0.256 e. The van der Waals surface area contributed by atoms with Crippen molar-refractivity contribution in [1.29, 1.82) is 5.26 Å². The third-order valence-corrected chi connectivity index (χ3v) is 2.95. The van der Waals surface area contributed by atoms with Gasteiger partial charge >= 0.3 is 0 Å². The molecule has 0 aliphatic carbocycles. The molecule has 1 aromatic carbocycles. The van der Waals surface area contributed by atoms with E-state index in [1.807, 2.05) is 19.9 Å². The van der Waals surface area contributed by atoms with E-state index in [9.17, 15) is 9.59 Å². The lowest BCUT2D eigenvalue weighted by atomic mass is 10.1. The minimum absolute atomic E-state index is 0.0902. The molecular formula is C15H17N3O2S. The monoisotopic (exact) mass is 303 g/mol. The van der Waals surface area contributed by atoms with Crippen molar-refractivity contribution in [2.24, 2.45) is 11.8 Å². The van der Waals surface area contributed by atoms with E-state index in [0.29, 0.717) is 12.1 Å². The lowest BCUT2D eigenvalue weighted by molar-refractivity contribution is -0.121. The number of hydrogen-bond donors (Lipinski definition) is 2. The van der Waals surface area contributed by atoms with Crippen LogP contribution in [0.15, 0.2) is 30.3 Å². The molecule has 2 N–H and O–H groups in total. The Bertz CT molecular complexity index is 564. The van der Waals surface area contributed by atoms with Gasteiger partial charge in [0.05, 0.1) is 6.07 Å². The van der Waals surface area contributed by atoms with Crippen molar-refractivity contribution < 1.29 is 9.59 Å². The van der Waals surface area contributed by atoms with Crippen LogP contribution in [0.4, 0.5) is 0 Å². The SMILES string of the molecule is CC(C)CNC(=O)C(C#N)C(=S)NC(=O)c1ccccc1. The number of benzene rings is 1. The molecule has 110 valence electrons. The summed E-state index contributed by atoms with van der Waals surface area (Å²) in [5.41, 5.74) is 0.416. The molecule has 0 fully saturated rings. The van der Waals surface area contributed by atoms with E-state index < -0.39 is 17.7 Å². The number of nitrogens with one attached hydrogen (secondary N) is 2. The molecule has 0 aliphatic rings. The summed E-state index contributed by atoms with van der Waals surface area (Å²) in [4.78, 5) is 23.7. The van der Waals surface area contributed by atoms with Gasteiger partial charge in [-0.25, -0.2) is 0 Å². The zero-order valence-corrected chi connectivity index (χ0v) is 12.7. The Hall–Kier alpha value is -2.26. The molecule has 21 heavy (non-hydrogen) atoms. The lowest BCUT2D eigenvalue weighted by Gasteiger charge is -2.13. The van der Waals surface area contributed by atoms with Gasteiger partial charge in [0.15, 0.2) is 5.92 Å². The molecule has 1 rings (SSSR count). The third-order valence-electron chi connectivity index (χ3n) is 2.61. The number of nitriles is 1. The maximum absolute atomic E-state index is 11.9. The van der Waals surface area contributed by atoms with E-state index in [-0.39, 0.29) is 10.9 Å². The number of amides is 2. The molecule has 0 saturated heterocycles. The predicted octanol–water partition coefficient (Wildman–Crippen LogP) is 1.66. The molecule has 1 aromatic rings. The summed E-state index contributed by atoms with van der Waals surface area (Å²) in [5, 5.41) is 14.1. The molecular weight excluding hydrogens is 286 g/mol. The summed E-state index contributed by atoms with van der Waals surface area (Å²) in [5.74, 6) is -1.84. The quantitative estimate of drug-likeness (QED) is 0.810. The Labute approximate surface area is 129 Å². The molecule has 0 heterocycles. The Morgan fingerprint density at radius 2 is 1.90 bits per heavy atom. The van der Waals surface area contributed by atoms with Crippen LogP contribution < -0.4 is 10.6 Å². The van der Waals surface area contributed by atoms with Crippen LogP contribution in [0.5, 0.6) is 0 Å². The van der Waals surface area contributed by atoms with Crippen LogP contribution in [-0.2, 0) is 4.79 Å². The molecule has 0 bridgehead atoms. The van der Waals surface area contributed by atoms with E-state index in [1.54, 1.807) is 30.3 Å². The molecule has 0 spiro atoms. The summed E-state index contributed by atoms with van der Waals surface area (Å²) in [6.07, 6.45) is 0. The summed E-state index contributed by atoms with van der Waals surface area (Å²) < 4.78 is 0. The minimum Gasteiger partial charge on any atom is -0.354 e. The van der Waals surface area contributed by atoms with Gasteiger partial charge in [0.1, 0.15) is 4.99 Å². The fourth-order valence-electron chi connectivity index (χ4n) is 1.49. The predicted molar refractivity (Wildman–Crippen MR) is 83.5 cm³/mol. The van der Waals surface area contributed by atoms with Gasteiger partial charge in [-0.15, -0.1) is 0 Å². The Morgan fingerprint density at radius 3 is 2.43 bits per heavy atom. The van der Waals surface area contributed by atoms with Crippen LogP contribution in [0.1, 0.15) is 24.2 Å².